The first-order valence-corrected chi connectivity index (χ1v) is 10.9. The Balaban J connectivity index is 1.98. The first-order chi connectivity index (χ1) is 16.4. The summed E-state index contributed by atoms with van der Waals surface area (Å²) in [4.78, 5) is 35.4. The summed E-state index contributed by atoms with van der Waals surface area (Å²) in [5, 5.41) is 22.1. The first-order valence-electron chi connectivity index (χ1n) is 10.9. The molecule has 4 heterocycles. The highest BCUT2D eigenvalue weighted by Crippen LogP contribution is 2.27. The predicted molar refractivity (Wildman–Crippen MR) is 121 cm³/mol. The van der Waals surface area contributed by atoms with Crippen LogP contribution in [0.5, 0.6) is 0 Å². The second kappa shape index (κ2) is 8.93. The standard InChI is InChI=1S/C23H24F3N5O4/c1-4-23(2,3)29-22(35)13-8-31(20-14(25)5-11(24)7-27-20)19-12(18(13)34)6-15(26)21(28-19)30-9-16(32)17(33)10-30/h5-8,16-17,32-33H,4,9-10H2,1-3H3,(H,29,35)/t16-,17-/m1/s1. The molecule has 0 radical (unpaired) electrons. The van der Waals surface area contributed by atoms with Crippen molar-refractivity contribution in [3.05, 3.63) is 57.8 Å². The van der Waals surface area contributed by atoms with E-state index in [1.807, 2.05) is 6.92 Å². The van der Waals surface area contributed by atoms with Crippen LogP contribution in [-0.4, -0.2) is 61.5 Å². The van der Waals surface area contributed by atoms with Crippen molar-refractivity contribution in [1.82, 2.24) is 19.9 Å². The lowest BCUT2D eigenvalue weighted by atomic mass is 10.0. The minimum Gasteiger partial charge on any atom is -0.389 e. The van der Waals surface area contributed by atoms with E-state index in [4.69, 9.17) is 0 Å². The molecule has 3 N–H and O–H groups in total. The zero-order chi connectivity index (χ0) is 25.7. The van der Waals surface area contributed by atoms with E-state index in [-0.39, 0.29) is 29.9 Å². The molecular weight excluding hydrogens is 467 g/mol. The number of hydrogen-bond donors (Lipinski definition) is 3. The number of aliphatic hydroxyl groups excluding tert-OH is 2. The predicted octanol–water partition coefficient (Wildman–Crippen LogP) is 1.66. The molecule has 0 aliphatic carbocycles. The molecule has 1 aliphatic rings. The van der Waals surface area contributed by atoms with E-state index in [1.165, 1.54) is 4.90 Å². The summed E-state index contributed by atoms with van der Waals surface area (Å²) in [6, 6.07) is 1.43. The van der Waals surface area contributed by atoms with E-state index in [0.717, 1.165) is 23.0 Å². The van der Waals surface area contributed by atoms with E-state index < -0.39 is 57.9 Å². The maximum Gasteiger partial charge on any atom is 0.257 e. The highest BCUT2D eigenvalue weighted by molar-refractivity contribution is 5.97. The third-order valence-electron chi connectivity index (χ3n) is 6.07. The summed E-state index contributed by atoms with van der Waals surface area (Å²) >= 11 is 0. The summed E-state index contributed by atoms with van der Waals surface area (Å²) < 4.78 is 44.3. The quantitative estimate of drug-likeness (QED) is 0.497. The molecule has 1 fully saturated rings. The van der Waals surface area contributed by atoms with Crippen LogP contribution in [0.3, 0.4) is 0 Å². The average Bonchev–Trinajstić information content (AvgIpc) is 3.12. The molecule has 3 aromatic rings. The van der Waals surface area contributed by atoms with Gasteiger partial charge in [-0.15, -0.1) is 0 Å². The van der Waals surface area contributed by atoms with Crippen molar-refractivity contribution in [3.8, 4) is 5.82 Å². The van der Waals surface area contributed by atoms with Gasteiger partial charge in [0.25, 0.3) is 5.91 Å². The minimum atomic E-state index is -1.14. The second-order valence-electron chi connectivity index (χ2n) is 9.10. The number of aromatic nitrogens is 3. The molecule has 186 valence electrons. The molecule has 9 nitrogen and oxygen atoms in total. The fourth-order valence-electron chi connectivity index (χ4n) is 3.75. The van der Waals surface area contributed by atoms with Gasteiger partial charge in [0.15, 0.2) is 28.9 Å². The molecule has 1 amide bonds. The SMILES string of the molecule is CCC(C)(C)NC(=O)c1cn(-c2ncc(F)cc2F)c2nc(N3C[C@@H](O)[C@H](O)C3)c(F)cc2c1=O. The van der Waals surface area contributed by atoms with Gasteiger partial charge in [0.05, 0.1) is 23.8 Å². The molecule has 4 rings (SSSR count). The number of carbonyl (C=O) groups is 1. The lowest BCUT2D eigenvalue weighted by Gasteiger charge is -2.24. The summed E-state index contributed by atoms with van der Waals surface area (Å²) in [7, 11) is 0. The van der Waals surface area contributed by atoms with Crippen molar-refractivity contribution in [1.29, 1.82) is 0 Å². The molecule has 0 bridgehead atoms. The van der Waals surface area contributed by atoms with Crippen molar-refractivity contribution < 1.29 is 28.2 Å². The van der Waals surface area contributed by atoms with E-state index >= 15 is 4.39 Å². The van der Waals surface area contributed by atoms with Crippen molar-refractivity contribution in [3.63, 3.8) is 0 Å². The number of pyridine rings is 3. The zero-order valence-corrected chi connectivity index (χ0v) is 19.2. The largest absolute Gasteiger partial charge is 0.389 e. The van der Waals surface area contributed by atoms with Gasteiger partial charge in [0.2, 0.25) is 5.43 Å². The van der Waals surface area contributed by atoms with Crippen LogP contribution in [-0.2, 0) is 0 Å². The van der Waals surface area contributed by atoms with Crippen LogP contribution >= 0.6 is 0 Å². The molecule has 0 aromatic carbocycles. The summed E-state index contributed by atoms with van der Waals surface area (Å²) in [5.74, 6) is -4.52. The molecule has 1 aliphatic heterocycles. The molecule has 0 saturated carbocycles. The van der Waals surface area contributed by atoms with Crippen molar-refractivity contribution >= 4 is 22.8 Å². The molecule has 0 unspecified atom stereocenters. The van der Waals surface area contributed by atoms with Crippen molar-refractivity contribution in [2.75, 3.05) is 18.0 Å². The van der Waals surface area contributed by atoms with Crippen molar-refractivity contribution in [2.45, 2.75) is 44.9 Å². The third kappa shape index (κ3) is 4.58. The first kappa shape index (κ1) is 24.6. The Hall–Kier alpha value is -3.51. The van der Waals surface area contributed by atoms with Crippen LogP contribution in [0.4, 0.5) is 19.0 Å². The number of nitrogens with one attached hydrogen (secondary N) is 1. The lowest BCUT2D eigenvalue weighted by Crippen LogP contribution is -2.44. The fraction of sp³-hybridized carbons (Fsp3) is 0.391. The Morgan fingerprint density at radius 3 is 2.37 bits per heavy atom. The van der Waals surface area contributed by atoms with Crippen LogP contribution in [0.25, 0.3) is 16.9 Å². The van der Waals surface area contributed by atoms with Gasteiger partial charge in [-0.25, -0.2) is 23.1 Å². The normalized spacial score (nSPS) is 18.3. The van der Waals surface area contributed by atoms with Crippen LogP contribution < -0.4 is 15.6 Å². The number of rotatable bonds is 5. The maximum absolute atomic E-state index is 15.1. The Morgan fingerprint density at radius 2 is 1.77 bits per heavy atom. The van der Waals surface area contributed by atoms with Gasteiger partial charge >= 0.3 is 0 Å². The highest BCUT2D eigenvalue weighted by atomic mass is 19.1. The van der Waals surface area contributed by atoms with Crippen LogP contribution in [0.2, 0.25) is 0 Å². The minimum absolute atomic E-state index is 0.128. The highest BCUT2D eigenvalue weighted by Gasteiger charge is 2.33. The Labute approximate surface area is 197 Å². The van der Waals surface area contributed by atoms with Gasteiger partial charge in [-0.05, 0) is 26.3 Å². The summed E-state index contributed by atoms with van der Waals surface area (Å²) in [6.07, 6.45) is 0.0376. The van der Waals surface area contributed by atoms with Crippen LogP contribution in [0, 0.1) is 17.5 Å². The summed E-state index contributed by atoms with van der Waals surface area (Å²) in [6.45, 7) is 5.08. The molecular formula is C23H24F3N5O4. The molecule has 1 saturated heterocycles. The number of amides is 1. The van der Waals surface area contributed by atoms with Gasteiger partial charge in [0.1, 0.15) is 11.4 Å². The number of aliphatic hydroxyl groups is 2. The molecule has 35 heavy (non-hydrogen) atoms. The number of carbonyl (C=O) groups excluding carboxylic acids is 1. The van der Waals surface area contributed by atoms with E-state index in [2.05, 4.69) is 15.3 Å². The topological polar surface area (TPSA) is 121 Å². The lowest BCUT2D eigenvalue weighted by molar-refractivity contribution is 0.0572. The van der Waals surface area contributed by atoms with Gasteiger partial charge < -0.3 is 20.4 Å². The maximum atomic E-state index is 15.1. The number of β-amino-alcohol motifs (C(OH)–C–C–N with tert-alkyl or cyclic N) is 2. The molecule has 2 atom stereocenters. The van der Waals surface area contributed by atoms with Gasteiger partial charge in [0, 0.05) is 30.9 Å². The average molecular weight is 491 g/mol. The number of hydrogen-bond acceptors (Lipinski definition) is 7. The van der Waals surface area contributed by atoms with Gasteiger partial charge in [-0.3, -0.25) is 14.2 Å². The second-order valence-corrected chi connectivity index (χ2v) is 9.10. The van der Waals surface area contributed by atoms with Crippen LogP contribution in [0.1, 0.15) is 37.6 Å². The van der Waals surface area contributed by atoms with Crippen LogP contribution in [0.15, 0.2) is 29.3 Å². The summed E-state index contributed by atoms with van der Waals surface area (Å²) in [5.41, 5.74) is -2.17. The van der Waals surface area contributed by atoms with Crippen molar-refractivity contribution in [2.24, 2.45) is 0 Å². The molecule has 3 aromatic heterocycles. The third-order valence-corrected chi connectivity index (χ3v) is 6.07. The number of fused-ring (bicyclic) bond motifs is 1. The Morgan fingerprint density at radius 1 is 1.14 bits per heavy atom. The zero-order valence-electron chi connectivity index (χ0n) is 19.2. The number of halogens is 3. The fourth-order valence-corrected chi connectivity index (χ4v) is 3.75. The Bertz CT molecular complexity index is 1370. The number of nitrogens with zero attached hydrogens (tertiary/aromatic N) is 4. The van der Waals surface area contributed by atoms with E-state index in [9.17, 15) is 28.6 Å². The molecule has 12 heteroatoms. The van der Waals surface area contributed by atoms with Gasteiger partial charge in [-0.1, -0.05) is 6.92 Å². The Kier molecular flexibility index (Phi) is 6.28. The van der Waals surface area contributed by atoms with E-state index in [0.29, 0.717) is 12.5 Å². The molecule has 0 spiro atoms. The van der Waals surface area contributed by atoms with E-state index in [1.54, 1.807) is 13.8 Å². The number of anilines is 1. The smallest absolute Gasteiger partial charge is 0.257 e. The monoisotopic (exact) mass is 491 g/mol. The van der Waals surface area contributed by atoms with Gasteiger partial charge in [-0.2, -0.15) is 0 Å².